The Morgan fingerprint density at radius 3 is 2.74 bits per heavy atom. The number of hydrogen-bond donors (Lipinski definition) is 2. The second kappa shape index (κ2) is 7.85. The van der Waals surface area contributed by atoms with E-state index in [1.807, 2.05) is 19.9 Å². The summed E-state index contributed by atoms with van der Waals surface area (Å²) in [5.74, 6) is -0.680. The Bertz CT molecular complexity index is 685. The van der Waals surface area contributed by atoms with Crippen LogP contribution in [0.25, 0.3) is 5.69 Å². The van der Waals surface area contributed by atoms with E-state index < -0.39 is 5.82 Å². The Labute approximate surface area is 134 Å². The topological polar surface area (TPSA) is 68.2 Å². The number of nitrogens with one attached hydrogen (secondary N) is 2. The quantitative estimate of drug-likeness (QED) is 0.764. The van der Waals surface area contributed by atoms with Gasteiger partial charge < -0.3 is 15.4 Å². The van der Waals surface area contributed by atoms with Crippen molar-refractivity contribution in [1.29, 1.82) is 0 Å². The van der Waals surface area contributed by atoms with Gasteiger partial charge in [-0.15, -0.1) is 0 Å². The molecule has 1 amide bonds. The monoisotopic (exact) mass is 320 g/mol. The first kappa shape index (κ1) is 17.1. The van der Waals surface area contributed by atoms with Crippen LogP contribution in [0.2, 0.25) is 0 Å². The van der Waals surface area contributed by atoms with Gasteiger partial charge in [0.05, 0.1) is 18.8 Å². The van der Waals surface area contributed by atoms with Gasteiger partial charge in [0.1, 0.15) is 5.69 Å². The molecule has 2 N–H and O–H groups in total. The lowest BCUT2D eigenvalue weighted by atomic mass is 10.2. The Morgan fingerprint density at radius 2 is 2.13 bits per heavy atom. The Kier molecular flexibility index (Phi) is 5.84. The molecular weight excluding hydrogens is 299 g/mol. The zero-order valence-corrected chi connectivity index (χ0v) is 13.5. The van der Waals surface area contributed by atoms with E-state index in [4.69, 9.17) is 4.74 Å². The van der Waals surface area contributed by atoms with Crippen molar-refractivity contribution in [3.05, 3.63) is 41.5 Å². The fourth-order valence-electron chi connectivity index (χ4n) is 2.21. The Morgan fingerprint density at radius 1 is 1.35 bits per heavy atom. The maximum absolute atomic E-state index is 14.3. The summed E-state index contributed by atoms with van der Waals surface area (Å²) in [4.78, 5) is 11.7. The van der Waals surface area contributed by atoms with Crippen molar-refractivity contribution in [3.63, 3.8) is 0 Å². The largest absolute Gasteiger partial charge is 0.383 e. The zero-order chi connectivity index (χ0) is 16.8. The number of carbonyl (C=O) groups is 1. The maximum atomic E-state index is 14.3. The molecule has 2 rings (SSSR count). The minimum absolute atomic E-state index is 0.143. The third-order valence-electron chi connectivity index (χ3n) is 3.24. The van der Waals surface area contributed by atoms with Crippen LogP contribution in [-0.4, -0.2) is 42.5 Å². The number of aryl methyl sites for hydroxylation is 2. The molecule has 2 aromatic rings. The predicted octanol–water partition coefficient (Wildman–Crippen LogP) is 1.80. The SMILES string of the molecule is COCCNCC(=O)Nc1ccc(-n2nc(C)cc2C)c(F)c1. The van der Waals surface area contributed by atoms with E-state index in [0.717, 1.165) is 11.4 Å². The maximum Gasteiger partial charge on any atom is 0.238 e. The minimum atomic E-state index is -0.443. The van der Waals surface area contributed by atoms with Gasteiger partial charge in [-0.1, -0.05) is 0 Å². The smallest absolute Gasteiger partial charge is 0.238 e. The number of benzene rings is 1. The molecule has 1 aromatic heterocycles. The zero-order valence-electron chi connectivity index (χ0n) is 13.5. The van der Waals surface area contributed by atoms with E-state index in [1.165, 1.54) is 6.07 Å². The number of halogens is 1. The van der Waals surface area contributed by atoms with E-state index in [9.17, 15) is 9.18 Å². The standard InChI is InChI=1S/C16H21FN4O2/c1-11-8-12(2)21(20-11)15-5-4-13(9-14(15)17)19-16(22)10-18-6-7-23-3/h4-5,8-9,18H,6-7,10H2,1-3H3,(H,19,22). The second-order valence-corrected chi connectivity index (χ2v) is 5.22. The third kappa shape index (κ3) is 4.61. The van der Waals surface area contributed by atoms with Gasteiger partial charge in [0.25, 0.3) is 0 Å². The molecule has 0 unspecified atom stereocenters. The molecular formula is C16H21FN4O2. The summed E-state index contributed by atoms with van der Waals surface area (Å²) < 4.78 is 20.7. The average molecular weight is 320 g/mol. The lowest BCUT2D eigenvalue weighted by Crippen LogP contribution is -2.30. The van der Waals surface area contributed by atoms with Crippen LogP contribution in [0.1, 0.15) is 11.4 Å². The van der Waals surface area contributed by atoms with Crippen LogP contribution in [0.4, 0.5) is 10.1 Å². The first-order valence-corrected chi connectivity index (χ1v) is 7.34. The van der Waals surface area contributed by atoms with Crippen molar-refractivity contribution < 1.29 is 13.9 Å². The minimum Gasteiger partial charge on any atom is -0.383 e. The summed E-state index contributed by atoms with van der Waals surface area (Å²) in [5, 5.41) is 9.83. The summed E-state index contributed by atoms with van der Waals surface area (Å²) in [7, 11) is 1.59. The van der Waals surface area contributed by atoms with Crippen molar-refractivity contribution in [3.8, 4) is 5.69 Å². The summed E-state index contributed by atoms with van der Waals surface area (Å²) in [6.07, 6.45) is 0. The molecule has 0 spiro atoms. The van der Waals surface area contributed by atoms with Crippen molar-refractivity contribution in [2.75, 3.05) is 32.1 Å². The van der Waals surface area contributed by atoms with Gasteiger partial charge in [-0.3, -0.25) is 4.79 Å². The average Bonchev–Trinajstić information content (AvgIpc) is 2.82. The van der Waals surface area contributed by atoms with Crippen molar-refractivity contribution >= 4 is 11.6 Å². The molecule has 0 saturated carbocycles. The van der Waals surface area contributed by atoms with Gasteiger partial charge in [-0.25, -0.2) is 9.07 Å². The fraction of sp³-hybridized carbons (Fsp3) is 0.375. The normalized spacial score (nSPS) is 10.8. The second-order valence-electron chi connectivity index (χ2n) is 5.22. The number of methoxy groups -OCH3 is 1. The lowest BCUT2D eigenvalue weighted by Gasteiger charge is -2.10. The number of rotatable bonds is 7. The summed E-state index contributed by atoms with van der Waals surface area (Å²) >= 11 is 0. The van der Waals surface area contributed by atoms with Gasteiger partial charge >= 0.3 is 0 Å². The van der Waals surface area contributed by atoms with Crippen LogP contribution in [0, 0.1) is 19.7 Å². The highest BCUT2D eigenvalue weighted by atomic mass is 19.1. The summed E-state index contributed by atoms with van der Waals surface area (Å²) in [5.41, 5.74) is 2.43. The molecule has 124 valence electrons. The highest BCUT2D eigenvalue weighted by Gasteiger charge is 2.11. The van der Waals surface area contributed by atoms with E-state index >= 15 is 0 Å². The van der Waals surface area contributed by atoms with E-state index in [-0.39, 0.29) is 12.5 Å². The molecule has 0 aliphatic carbocycles. The molecule has 0 saturated heterocycles. The van der Waals surface area contributed by atoms with E-state index in [2.05, 4.69) is 15.7 Å². The van der Waals surface area contributed by atoms with Crippen LogP contribution in [0.3, 0.4) is 0 Å². The number of amides is 1. The Balaban J connectivity index is 2.02. The first-order valence-electron chi connectivity index (χ1n) is 7.34. The number of ether oxygens (including phenoxy) is 1. The van der Waals surface area contributed by atoms with Crippen molar-refractivity contribution in [2.24, 2.45) is 0 Å². The van der Waals surface area contributed by atoms with E-state index in [0.29, 0.717) is 24.5 Å². The van der Waals surface area contributed by atoms with Crippen LogP contribution in [0.5, 0.6) is 0 Å². The van der Waals surface area contributed by atoms with Crippen LogP contribution < -0.4 is 10.6 Å². The molecule has 7 heteroatoms. The molecule has 0 fully saturated rings. The summed E-state index contributed by atoms with van der Waals surface area (Å²) in [6, 6.07) is 6.42. The van der Waals surface area contributed by atoms with E-state index in [1.54, 1.807) is 23.9 Å². The highest BCUT2D eigenvalue weighted by Crippen LogP contribution is 2.19. The molecule has 1 aromatic carbocycles. The van der Waals surface area contributed by atoms with Gasteiger partial charge in [0.2, 0.25) is 5.91 Å². The predicted molar refractivity (Wildman–Crippen MR) is 86.4 cm³/mol. The lowest BCUT2D eigenvalue weighted by molar-refractivity contribution is -0.115. The molecule has 0 atom stereocenters. The molecule has 0 bridgehead atoms. The molecule has 1 heterocycles. The number of nitrogens with zero attached hydrogens (tertiary/aromatic N) is 2. The number of anilines is 1. The van der Waals surface area contributed by atoms with Crippen molar-refractivity contribution in [1.82, 2.24) is 15.1 Å². The number of aromatic nitrogens is 2. The molecule has 0 aliphatic rings. The highest BCUT2D eigenvalue weighted by molar-refractivity contribution is 5.92. The van der Waals surface area contributed by atoms with Crippen LogP contribution in [-0.2, 0) is 9.53 Å². The third-order valence-corrected chi connectivity index (χ3v) is 3.24. The van der Waals surface area contributed by atoms with Crippen molar-refractivity contribution in [2.45, 2.75) is 13.8 Å². The van der Waals surface area contributed by atoms with Crippen LogP contribution >= 0.6 is 0 Å². The number of carbonyl (C=O) groups excluding carboxylic acids is 1. The first-order chi connectivity index (χ1) is 11.0. The molecule has 6 nitrogen and oxygen atoms in total. The van der Waals surface area contributed by atoms with Gasteiger partial charge in [0.15, 0.2) is 5.82 Å². The summed E-state index contributed by atoms with van der Waals surface area (Å²) in [6.45, 7) is 4.96. The number of hydrogen-bond acceptors (Lipinski definition) is 4. The molecule has 23 heavy (non-hydrogen) atoms. The van der Waals surface area contributed by atoms with Gasteiger partial charge in [-0.2, -0.15) is 5.10 Å². The molecule has 0 radical (unpaired) electrons. The van der Waals surface area contributed by atoms with Gasteiger partial charge in [-0.05, 0) is 38.1 Å². The van der Waals surface area contributed by atoms with Crippen LogP contribution in [0.15, 0.2) is 24.3 Å². The molecule has 0 aliphatic heterocycles. The Hall–Kier alpha value is -2.25. The fourth-order valence-corrected chi connectivity index (χ4v) is 2.21. The van der Waals surface area contributed by atoms with Gasteiger partial charge in [0, 0.05) is 25.0 Å².